The zero-order valence-corrected chi connectivity index (χ0v) is 17.8. The van der Waals surface area contributed by atoms with E-state index in [1.165, 1.54) is 11.1 Å². The van der Waals surface area contributed by atoms with Crippen molar-refractivity contribution in [1.82, 2.24) is 24.3 Å². The van der Waals surface area contributed by atoms with E-state index >= 15 is 0 Å². The van der Waals surface area contributed by atoms with Gasteiger partial charge in [-0.15, -0.1) is 0 Å². The molecule has 3 aromatic heterocycles. The largest absolute Gasteiger partial charge is 0.383 e. The number of hydrogen-bond donors (Lipinski definition) is 2. The summed E-state index contributed by atoms with van der Waals surface area (Å²) in [6.07, 6.45) is 8.99. The second-order valence-corrected chi connectivity index (χ2v) is 7.69. The van der Waals surface area contributed by atoms with E-state index in [0.29, 0.717) is 28.7 Å². The highest BCUT2D eigenvalue weighted by atomic mass is 15.3. The van der Waals surface area contributed by atoms with Crippen LogP contribution >= 0.6 is 0 Å². The number of aliphatic imine (C=N–C) groups is 1. The first-order valence-corrected chi connectivity index (χ1v) is 10.4. The number of nitrogens with two attached hydrogens (primary N) is 2. The number of rotatable bonds is 5. The van der Waals surface area contributed by atoms with Gasteiger partial charge in [-0.25, -0.2) is 14.6 Å². The molecule has 5 rings (SSSR count). The fourth-order valence-electron chi connectivity index (χ4n) is 4.19. The van der Waals surface area contributed by atoms with Gasteiger partial charge in [0.25, 0.3) is 0 Å². The van der Waals surface area contributed by atoms with Crippen molar-refractivity contribution in [3.05, 3.63) is 84.5 Å². The monoisotopic (exact) mass is 424 g/mol. The third kappa shape index (κ3) is 3.21. The van der Waals surface area contributed by atoms with Crippen LogP contribution in [-0.4, -0.2) is 37.2 Å². The summed E-state index contributed by atoms with van der Waals surface area (Å²) in [6.45, 7) is 3.84. The molecule has 1 aliphatic rings. The molecule has 4 N–H and O–H groups in total. The molecule has 32 heavy (non-hydrogen) atoms. The van der Waals surface area contributed by atoms with Crippen molar-refractivity contribution in [2.45, 2.75) is 18.9 Å². The molecule has 1 aliphatic carbocycles. The lowest BCUT2D eigenvalue weighted by Gasteiger charge is -2.13. The number of aryl methyl sites for hydroxylation is 1. The summed E-state index contributed by atoms with van der Waals surface area (Å²) in [5, 5.41) is 4.31. The average molecular weight is 425 g/mol. The molecule has 8 nitrogen and oxygen atoms in total. The summed E-state index contributed by atoms with van der Waals surface area (Å²) in [7, 11) is 1.66. The van der Waals surface area contributed by atoms with E-state index in [1.54, 1.807) is 24.0 Å². The van der Waals surface area contributed by atoms with Crippen LogP contribution in [0.5, 0.6) is 0 Å². The van der Waals surface area contributed by atoms with E-state index in [2.05, 4.69) is 34.9 Å². The molecule has 4 aromatic rings. The Kier molecular flexibility index (Phi) is 4.91. The summed E-state index contributed by atoms with van der Waals surface area (Å²) in [6, 6.07) is 12.1. The predicted octanol–water partition coefficient (Wildman–Crippen LogP) is 3.11. The van der Waals surface area contributed by atoms with Crippen molar-refractivity contribution in [2.24, 2.45) is 16.5 Å². The average Bonchev–Trinajstić information content (AvgIpc) is 3.55. The Balaban J connectivity index is 1.80. The highest BCUT2D eigenvalue weighted by Gasteiger charge is 2.23. The molecule has 0 saturated carbocycles. The summed E-state index contributed by atoms with van der Waals surface area (Å²) in [5.74, 6) is 1.72. The Morgan fingerprint density at radius 3 is 2.88 bits per heavy atom. The third-order valence-corrected chi connectivity index (χ3v) is 5.78. The first-order chi connectivity index (χ1) is 15.6. The maximum atomic E-state index is 6.26. The van der Waals surface area contributed by atoms with Gasteiger partial charge in [-0.2, -0.15) is 5.10 Å². The molecule has 0 aliphatic heterocycles. The highest BCUT2D eigenvalue weighted by molar-refractivity contribution is 6.21. The number of hydrogen-bond acceptors (Lipinski definition) is 5. The fraction of sp³-hybridized carbons (Fsp3) is 0.167. The van der Waals surface area contributed by atoms with E-state index in [0.717, 1.165) is 24.0 Å². The van der Waals surface area contributed by atoms with E-state index in [4.69, 9.17) is 21.4 Å². The number of amidine groups is 1. The van der Waals surface area contributed by atoms with Crippen LogP contribution in [0.2, 0.25) is 0 Å². The van der Waals surface area contributed by atoms with Crippen LogP contribution in [0.25, 0.3) is 28.2 Å². The van der Waals surface area contributed by atoms with Crippen molar-refractivity contribution >= 4 is 22.6 Å². The van der Waals surface area contributed by atoms with E-state index in [-0.39, 0.29) is 6.04 Å². The zero-order chi connectivity index (χ0) is 22.2. The Morgan fingerprint density at radius 1 is 1.25 bits per heavy atom. The second-order valence-electron chi connectivity index (χ2n) is 7.69. The van der Waals surface area contributed by atoms with Gasteiger partial charge < -0.3 is 11.5 Å². The Bertz CT molecular complexity index is 1370. The molecule has 3 heterocycles. The van der Waals surface area contributed by atoms with Gasteiger partial charge in [0.15, 0.2) is 17.3 Å². The fourth-order valence-corrected chi connectivity index (χ4v) is 4.19. The number of pyridine rings is 1. The molecule has 160 valence electrons. The van der Waals surface area contributed by atoms with E-state index in [9.17, 15) is 0 Å². The molecule has 0 fully saturated rings. The Morgan fingerprint density at radius 2 is 2.12 bits per heavy atom. The van der Waals surface area contributed by atoms with Gasteiger partial charge in [-0.3, -0.25) is 9.56 Å². The maximum absolute atomic E-state index is 6.26. The van der Waals surface area contributed by atoms with Gasteiger partial charge >= 0.3 is 0 Å². The van der Waals surface area contributed by atoms with Gasteiger partial charge in [0.2, 0.25) is 0 Å². The quantitative estimate of drug-likeness (QED) is 0.290. The smallest absolute Gasteiger partial charge is 0.167 e. The zero-order valence-electron chi connectivity index (χ0n) is 17.8. The van der Waals surface area contributed by atoms with Crippen molar-refractivity contribution in [1.29, 1.82) is 0 Å². The minimum absolute atomic E-state index is 0.0849. The van der Waals surface area contributed by atoms with Crippen LogP contribution in [0.15, 0.2) is 72.5 Å². The maximum Gasteiger partial charge on any atom is 0.167 e. The van der Waals surface area contributed by atoms with E-state index in [1.807, 2.05) is 35.0 Å². The SMILES string of the molecule is C=C/C=C(\C(N)=NC)c1nc2ccc(-n3cccn3)nc2n1-c1ccc2c(c1)CCC2N. The van der Waals surface area contributed by atoms with Crippen LogP contribution in [0.1, 0.15) is 29.4 Å². The topological polar surface area (TPSA) is 113 Å². The van der Waals surface area contributed by atoms with Crippen LogP contribution < -0.4 is 11.5 Å². The van der Waals surface area contributed by atoms with Gasteiger partial charge in [0, 0.05) is 31.2 Å². The first-order valence-electron chi connectivity index (χ1n) is 10.4. The highest BCUT2D eigenvalue weighted by Crippen LogP contribution is 2.33. The van der Waals surface area contributed by atoms with Gasteiger partial charge in [-0.05, 0) is 60.4 Å². The molecule has 0 bridgehead atoms. The summed E-state index contributed by atoms with van der Waals surface area (Å²) in [5.41, 5.74) is 18.0. The molecule has 8 heteroatoms. The van der Waals surface area contributed by atoms with Crippen LogP contribution in [-0.2, 0) is 6.42 Å². The molecular formula is C24H24N8. The number of fused-ring (bicyclic) bond motifs is 2. The molecular weight excluding hydrogens is 400 g/mol. The number of imidazole rings is 1. The van der Waals surface area contributed by atoms with Crippen molar-refractivity contribution in [3.8, 4) is 11.5 Å². The standard InChI is InChI=1S/C24H24N8/c1-3-5-18(22(26)27-2)23-29-20-10-11-21(31-13-4-12-28-31)30-24(20)32(23)16-7-8-17-15(14-16)6-9-19(17)25/h3-5,7-8,10-14,19H,1,6,9,25H2,2H3,(H2,26,27)/b18-5+. The molecule has 0 radical (unpaired) electrons. The summed E-state index contributed by atoms with van der Waals surface area (Å²) in [4.78, 5) is 14.0. The van der Waals surface area contributed by atoms with Gasteiger partial charge in [0.1, 0.15) is 11.4 Å². The number of aromatic nitrogens is 5. The lowest BCUT2D eigenvalue weighted by Crippen LogP contribution is -2.17. The third-order valence-electron chi connectivity index (χ3n) is 5.78. The summed E-state index contributed by atoms with van der Waals surface area (Å²) >= 11 is 0. The number of allylic oxidation sites excluding steroid dienone is 2. The number of benzene rings is 1. The molecule has 0 amide bonds. The molecule has 0 saturated heterocycles. The Labute approximate surface area is 185 Å². The van der Waals surface area contributed by atoms with Gasteiger partial charge in [-0.1, -0.05) is 18.7 Å². The van der Waals surface area contributed by atoms with Crippen LogP contribution in [0.3, 0.4) is 0 Å². The Hall–Kier alpha value is -4.04. The predicted molar refractivity (Wildman–Crippen MR) is 127 cm³/mol. The minimum atomic E-state index is 0.0849. The molecule has 0 spiro atoms. The van der Waals surface area contributed by atoms with Gasteiger partial charge in [0.05, 0.1) is 5.57 Å². The first kappa shape index (κ1) is 19.9. The molecule has 1 aromatic carbocycles. The van der Waals surface area contributed by atoms with E-state index < -0.39 is 0 Å². The van der Waals surface area contributed by atoms with Crippen molar-refractivity contribution < 1.29 is 0 Å². The normalized spacial score (nSPS) is 16.5. The van der Waals surface area contributed by atoms with Crippen molar-refractivity contribution in [3.63, 3.8) is 0 Å². The number of nitrogens with zero attached hydrogens (tertiary/aromatic N) is 6. The molecule has 1 unspecified atom stereocenters. The summed E-state index contributed by atoms with van der Waals surface area (Å²) < 4.78 is 3.74. The lowest BCUT2D eigenvalue weighted by atomic mass is 10.1. The minimum Gasteiger partial charge on any atom is -0.383 e. The second kappa shape index (κ2) is 7.90. The molecule has 1 atom stereocenters. The van der Waals surface area contributed by atoms with Crippen LogP contribution in [0.4, 0.5) is 0 Å². The van der Waals surface area contributed by atoms with Crippen LogP contribution in [0, 0.1) is 0 Å². The van der Waals surface area contributed by atoms with Crippen molar-refractivity contribution in [2.75, 3.05) is 7.05 Å². The lowest BCUT2D eigenvalue weighted by molar-refractivity contribution is 0.713.